The quantitative estimate of drug-likeness (QED) is 0.688. The van der Waals surface area contributed by atoms with Gasteiger partial charge in [0.2, 0.25) is 0 Å². The zero-order chi connectivity index (χ0) is 14.3. The summed E-state index contributed by atoms with van der Waals surface area (Å²) in [4.78, 5) is 2.31. The van der Waals surface area contributed by atoms with E-state index >= 15 is 0 Å². The Labute approximate surface area is 116 Å². The first-order valence-electron chi connectivity index (χ1n) is 5.67. The highest BCUT2D eigenvalue weighted by Gasteiger charge is 2.35. The van der Waals surface area contributed by atoms with E-state index in [1.54, 1.807) is 24.4 Å². The van der Waals surface area contributed by atoms with Crippen LogP contribution in [0.5, 0.6) is 0 Å². The van der Waals surface area contributed by atoms with E-state index in [2.05, 4.69) is 4.98 Å². The van der Waals surface area contributed by atoms with Crippen molar-refractivity contribution < 1.29 is 13.2 Å². The average Bonchev–Trinajstić information content (AvgIpc) is 3.02. The number of nitriles is 1. The first kappa shape index (κ1) is 12.8. The fourth-order valence-corrected chi connectivity index (χ4v) is 2.93. The smallest absolute Gasteiger partial charge is 0.361 e. The van der Waals surface area contributed by atoms with E-state index in [9.17, 15) is 13.2 Å². The normalized spacial score (nSPS) is 11.7. The van der Waals surface area contributed by atoms with E-state index < -0.39 is 11.1 Å². The molecule has 0 bridgehead atoms. The molecule has 20 heavy (non-hydrogen) atoms. The molecule has 2 heterocycles. The molecule has 1 N–H and O–H groups in total. The van der Waals surface area contributed by atoms with E-state index in [1.807, 2.05) is 6.07 Å². The number of nitrogens with one attached hydrogen (secondary N) is 1. The van der Waals surface area contributed by atoms with Crippen LogP contribution in [0.4, 0.5) is 13.2 Å². The number of hydrogen-bond acceptors (Lipinski definition) is 2. The van der Waals surface area contributed by atoms with Crippen molar-refractivity contribution in [1.29, 1.82) is 5.26 Å². The number of H-pyrrole nitrogens is 1. The molecular weight excluding hydrogens is 285 g/mol. The average molecular weight is 292 g/mol. The molecule has 2 nitrogen and oxygen atoms in total. The highest BCUT2D eigenvalue weighted by molar-refractivity contribution is 7.10. The third-order valence-corrected chi connectivity index (χ3v) is 3.98. The zero-order valence-corrected chi connectivity index (χ0v) is 10.8. The SMILES string of the molecule is N#Cc1ccc2[nH]cc(-c3ccsc3C(F)(F)F)c2c1. The lowest BCUT2D eigenvalue weighted by Gasteiger charge is -2.06. The fourth-order valence-electron chi connectivity index (χ4n) is 2.15. The van der Waals surface area contributed by atoms with Gasteiger partial charge in [-0.1, -0.05) is 0 Å². The maximum atomic E-state index is 13.0. The number of hydrogen-bond donors (Lipinski definition) is 1. The van der Waals surface area contributed by atoms with Gasteiger partial charge in [-0.05, 0) is 29.6 Å². The van der Waals surface area contributed by atoms with Crippen molar-refractivity contribution in [2.45, 2.75) is 6.18 Å². The van der Waals surface area contributed by atoms with Gasteiger partial charge in [0.1, 0.15) is 4.88 Å². The molecule has 0 fully saturated rings. The molecule has 3 rings (SSSR count). The summed E-state index contributed by atoms with van der Waals surface area (Å²) >= 11 is 0.669. The van der Waals surface area contributed by atoms with Crippen molar-refractivity contribution in [2.24, 2.45) is 0 Å². The van der Waals surface area contributed by atoms with E-state index in [1.165, 1.54) is 11.4 Å². The molecule has 0 aliphatic carbocycles. The third kappa shape index (κ3) is 1.96. The molecule has 0 radical (unpaired) electrons. The van der Waals surface area contributed by atoms with Crippen LogP contribution in [-0.4, -0.2) is 4.98 Å². The van der Waals surface area contributed by atoms with Gasteiger partial charge in [-0.3, -0.25) is 0 Å². The number of halogens is 3. The number of thiophene rings is 1. The molecule has 0 saturated heterocycles. The molecule has 6 heteroatoms. The largest absolute Gasteiger partial charge is 0.426 e. The van der Waals surface area contributed by atoms with E-state index in [0.717, 1.165) is 0 Å². The molecule has 0 saturated carbocycles. The van der Waals surface area contributed by atoms with Crippen LogP contribution in [0.2, 0.25) is 0 Å². The minimum Gasteiger partial charge on any atom is -0.361 e. The van der Waals surface area contributed by atoms with Gasteiger partial charge in [-0.25, -0.2) is 0 Å². The van der Waals surface area contributed by atoms with Gasteiger partial charge in [0.15, 0.2) is 0 Å². The van der Waals surface area contributed by atoms with Gasteiger partial charge >= 0.3 is 6.18 Å². The Morgan fingerprint density at radius 1 is 1.15 bits per heavy atom. The van der Waals surface area contributed by atoms with Crippen molar-refractivity contribution >= 4 is 22.2 Å². The second kappa shape index (κ2) is 4.39. The molecule has 1 aromatic carbocycles. The zero-order valence-electron chi connectivity index (χ0n) is 9.95. The number of rotatable bonds is 1. The van der Waals surface area contributed by atoms with Crippen molar-refractivity contribution in [3.8, 4) is 17.2 Å². The highest BCUT2D eigenvalue weighted by Crippen LogP contribution is 2.42. The van der Waals surface area contributed by atoms with Crippen LogP contribution in [0.15, 0.2) is 35.8 Å². The molecule has 0 amide bonds. The summed E-state index contributed by atoms with van der Waals surface area (Å²) in [6, 6.07) is 8.36. The van der Waals surface area contributed by atoms with Gasteiger partial charge in [-0.2, -0.15) is 18.4 Å². The van der Waals surface area contributed by atoms with Crippen molar-refractivity contribution in [1.82, 2.24) is 4.98 Å². The Morgan fingerprint density at radius 3 is 2.65 bits per heavy atom. The molecule has 0 unspecified atom stereocenters. The van der Waals surface area contributed by atoms with E-state index in [-0.39, 0.29) is 5.56 Å². The summed E-state index contributed by atoms with van der Waals surface area (Å²) in [7, 11) is 0. The number of aromatic nitrogens is 1. The number of aromatic amines is 1. The molecule has 0 aliphatic heterocycles. The fraction of sp³-hybridized carbons (Fsp3) is 0.0714. The summed E-state index contributed by atoms with van der Waals surface area (Å²) in [6.45, 7) is 0. The molecule has 100 valence electrons. The first-order valence-corrected chi connectivity index (χ1v) is 6.55. The lowest BCUT2D eigenvalue weighted by atomic mass is 10.0. The maximum Gasteiger partial charge on any atom is 0.426 e. The highest BCUT2D eigenvalue weighted by atomic mass is 32.1. The van der Waals surface area contributed by atoms with Crippen LogP contribution in [0.3, 0.4) is 0 Å². The number of fused-ring (bicyclic) bond motifs is 1. The maximum absolute atomic E-state index is 13.0. The van der Waals surface area contributed by atoms with Crippen LogP contribution in [0, 0.1) is 11.3 Å². The summed E-state index contributed by atoms with van der Waals surface area (Å²) in [5, 5.41) is 10.9. The van der Waals surface area contributed by atoms with Gasteiger partial charge in [0, 0.05) is 28.2 Å². The Balaban J connectivity index is 2.26. The summed E-state index contributed by atoms with van der Waals surface area (Å²) in [6.07, 6.45) is -2.83. The summed E-state index contributed by atoms with van der Waals surface area (Å²) in [5.74, 6) is 0. The Kier molecular flexibility index (Phi) is 2.80. The van der Waals surface area contributed by atoms with Crippen LogP contribution >= 0.6 is 11.3 Å². The van der Waals surface area contributed by atoms with E-state index in [4.69, 9.17) is 5.26 Å². The lowest BCUT2D eigenvalue weighted by Crippen LogP contribution is -2.03. The predicted octanol–water partition coefficient (Wildman–Crippen LogP) is 4.79. The second-order valence-electron chi connectivity index (χ2n) is 4.24. The van der Waals surface area contributed by atoms with Gasteiger partial charge in [-0.15, -0.1) is 11.3 Å². The van der Waals surface area contributed by atoms with Crippen LogP contribution in [-0.2, 0) is 6.18 Å². The first-order chi connectivity index (χ1) is 9.50. The van der Waals surface area contributed by atoms with Crippen molar-refractivity contribution in [2.75, 3.05) is 0 Å². The summed E-state index contributed by atoms with van der Waals surface area (Å²) < 4.78 is 38.9. The number of benzene rings is 1. The van der Waals surface area contributed by atoms with E-state index in [0.29, 0.717) is 33.4 Å². The molecule has 0 aliphatic rings. The van der Waals surface area contributed by atoms with Crippen molar-refractivity contribution in [3.05, 3.63) is 46.3 Å². The monoisotopic (exact) mass is 292 g/mol. The second-order valence-corrected chi connectivity index (χ2v) is 5.15. The third-order valence-electron chi connectivity index (χ3n) is 3.02. The Morgan fingerprint density at radius 2 is 1.95 bits per heavy atom. The lowest BCUT2D eigenvalue weighted by molar-refractivity contribution is -0.133. The summed E-state index contributed by atoms with van der Waals surface area (Å²) in [5.41, 5.74) is 1.73. The van der Waals surface area contributed by atoms with Crippen LogP contribution in [0.1, 0.15) is 10.4 Å². The molecule has 0 atom stereocenters. The topological polar surface area (TPSA) is 39.6 Å². The molecule has 3 aromatic rings. The van der Waals surface area contributed by atoms with Gasteiger partial charge < -0.3 is 4.98 Å². The minimum atomic E-state index is -4.38. The minimum absolute atomic E-state index is 0.142. The van der Waals surface area contributed by atoms with Gasteiger partial charge in [0.25, 0.3) is 0 Å². The van der Waals surface area contributed by atoms with Crippen LogP contribution in [0.25, 0.3) is 22.0 Å². The number of alkyl halides is 3. The van der Waals surface area contributed by atoms with Crippen LogP contribution < -0.4 is 0 Å². The molecule has 0 spiro atoms. The molecule has 2 aromatic heterocycles. The van der Waals surface area contributed by atoms with Crippen molar-refractivity contribution in [3.63, 3.8) is 0 Å². The Bertz CT molecular complexity index is 821. The standard InChI is InChI=1S/C14H7F3N2S/c15-14(16,17)13-9(3-4-20-13)11-7-19-12-2-1-8(6-18)5-10(11)12/h1-5,7,19H. The number of nitrogens with zero attached hydrogens (tertiary/aromatic N) is 1. The van der Waals surface area contributed by atoms with Gasteiger partial charge in [0.05, 0.1) is 11.6 Å². The predicted molar refractivity (Wildman–Crippen MR) is 71.3 cm³/mol. The molecular formula is C14H7F3N2S. The Hall–Kier alpha value is -2.26.